The molecule has 1 aliphatic rings. The van der Waals surface area contributed by atoms with E-state index in [-0.39, 0.29) is 10.7 Å². The van der Waals surface area contributed by atoms with Crippen LogP contribution in [0.15, 0.2) is 23.1 Å². The first-order chi connectivity index (χ1) is 7.39. The second kappa shape index (κ2) is 3.86. The minimum atomic E-state index is -3.76. The van der Waals surface area contributed by atoms with Crippen LogP contribution in [0.1, 0.15) is 41.6 Å². The Bertz CT molecular complexity index is 548. The minimum Gasteiger partial charge on any atom is -0.294 e. The van der Waals surface area contributed by atoms with E-state index in [1.165, 1.54) is 12.1 Å². The lowest BCUT2D eigenvalue weighted by atomic mass is 9.83. The highest BCUT2D eigenvalue weighted by Gasteiger charge is 2.24. The van der Waals surface area contributed by atoms with Crippen LogP contribution in [0.2, 0.25) is 0 Å². The van der Waals surface area contributed by atoms with E-state index >= 15 is 0 Å². The molecule has 1 aliphatic carbocycles. The molecule has 0 bridgehead atoms. The van der Waals surface area contributed by atoms with E-state index in [0.717, 1.165) is 12.0 Å². The zero-order chi connectivity index (χ0) is 11.9. The van der Waals surface area contributed by atoms with Crippen LogP contribution in [0.25, 0.3) is 0 Å². The number of Topliss-reactive ketones (excluding diaryl/α,β-unsaturated/α-hetero) is 1. The Balaban J connectivity index is 2.61. The molecule has 0 saturated heterocycles. The molecule has 5 heteroatoms. The highest BCUT2D eigenvalue weighted by molar-refractivity contribution is 8.13. The summed E-state index contributed by atoms with van der Waals surface area (Å²) in [6.45, 7) is 2.03. The SMILES string of the molecule is CC1CCC(=O)c2cc(S(=O)(=O)Cl)ccc21. The highest BCUT2D eigenvalue weighted by atomic mass is 35.7. The van der Waals surface area contributed by atoms with Gasteiger partial charge in [0.2, 0.25) is 0 Å². The Morgan fingerprint density at radius 3 is 2.69 bits per heavy atom. The third-order valence-electron chi connectivity index (χ3n) is 2.94. The van der Waals surface area contributed by atoms with Crippen molar-refractivity contribution in [3.05, 3.63) is 29.3 Å². The van der Waals surface area contributed by atoms with Crippen LogP contribution in [0, 0.1) is 0 Å². The Morgan fingerprint density at radius 2 is 2.06 bits per heavy atom. The normalized spacial score (nSPS) is 20.6. The van der Waals surface area contributed by atoms with Crippen molar-refractivity contribution in [3.63, 3.8) is 0 Å². The fourth-order valence-electron chi connectivity index (χ4n) is 2.00. The fraction of sp³-hybridized carbons (Fsp3) is 0.364. The van der Waals surface area contributed by atoms with Crippen LogP contribution in [-0.4, -0.2) is 14.2 Å². The second-order valence-electron chi connectivity index (χ2n) is 4.05. The van der Waals surface area contributed by atoms with E-state index in [1.807, 2.05) is 6.92 Å². The molecule has 0 spiro atoms. The monoisotopic (exact) mass is 258 g/mol. The molecule has 0 aromatic heterocycles. The van der Waals surface area contributed by atoms with Gasteiger partial charge in [-0.2, -0.15) is 0 Å². The molecule has 0 aliphatic heterocycles. The maximum absolute atomic E-state index is 11.7. The maximum atomic E-state index is 11.7. The van der Waals surface area contributed by atoms with Gasteiger partial charge in [-0.15, -0.1) is 0 Å². The standard InChI is InChI=1S/C11H11ClO3S/c1-7-2-5-11(13)10-6-8(16(12,14)15)3-4-9(7)10/h3-4,6-7H,2,5H2,1H3. The lowest BCUT2D eigenvalue weighted by Gasteiger charge is -2.21. The highest BCUT2D eigenvalue weighted by Crippen LogP contribution is 2.32. The number of halogens is 1. The molecule has 16 heavy (non-hydrogen) atoms. The van der Waals surface area contributed by atoms with Gasteiger partial charge in [0.05, 0.1) is 4.90 Å². The maximum Gasteiger partial charge on any atom is 0.261 e. The van der Waals surface area contributed by atoms with Crippen molar-refractivity contribution in [2.24, 2.45) is 0 Å². The first-order valence-corrected chi connectivity index (χ1v) is 7.32. The molecule has 2 rings (SSSR count). The van der Waals surface area contributed by atoms with E-state index in [9.17, 15) is 13.2 Å². The van der Waals surface area contributed by atoms with Crippen molar-refractivity contribution >= 4 is 25.5 Å². The van der Waals surface area contributed by atoms with Gasteiger partial charge in [0.15, 0.2) is 5.78 Å². The molecule has 86 valence electrons. The molecule has 0 N–H and O–H groups in total. The minimum absolute atomic E-state index is 0.00429. The predicted octanol–water partition coefficient (Wildman–Crippen LogP) is 2.69. The lowest BCUT2D eigenvalue weighted by molar-refractivity contribution is 0.0967. The summed E-state index contributed by atoms with van der Waals surface area (Å²) in [6, 6.07) is 4.53. The topological polar surface area (TPSA) is 51.2 Å². The first-order valence-electron chi connectivity index (χ1n) is 5.01. The fourth-order valence-corrected chi connectivity index (χ4v) is 2.77. The van der Waals surface area contributed by atoms with Crippen LogP contribution < -0.4 is 0 Å². The average molecular weight is 259 g/mol. The van der Waals surface area contributed by atoms with E-state index in [4.69, 9.17) is 10.7 Å². The molecular formula is C11H11ClO3S. The summed E-state index contributed by atoms with van der Waals surface area (Å²) in [6.07, 6.45) is 1.29. The van der Waals surface area contributed by atoms with Crippen LogP contribution in [0.5, 0.6) is 0 Å². The summed E-state index contributed by atoms with van der Waals surface area (Å²) in [4.78, 5) is 11.7. The van der Waals surface area contributed by atoms with Gasteiger partial charge in [-0.3, -0.25) is 4.79 Å². The van der Waals surface area contributed by atoms with Crippen LogP contribution in [-0.2, 0) is 9.05 Å². The summed E-state index contributed by atoms with van der Waals surface area (Å²) in [7, 11) is 1.49. The van der Waals surface area contributed by atoms with E-state index in [0.29, 0.717) is 17.9 Å². The van der Waals surface area contributed by atoms with Crippen molar-refractivity contribution in [3.8, 4) is 0 Å². The van der Waals surface area contributed by atoms with Crippen LogP contribution in [0.3, 0.4) is 0 Å². The first kappa shape index (κ1) is 11.6. The third-order valence-corrected chi connectivity index (χ3v) is 4.29. The third kappa shape index (κ3) is 1.99. The summed E-state index contributed by atoms with van der Waals surface area (Å²) < 4.78 is 22.3. The van der Waals surface area contributed by atoms with Crippen molar-refractivity contribution in [1.29, 1.82) is 0 Å². The number of carbonyl (C=O) groups excluding carboxylic acids is 1. The zero-order valence-electron chi connectivity index (χ0n) is 8.73. The van der Waals surface area contributed by atoms with Crippen molar-refractivity contribution < 1.29 is 13.2 Å². The summed E-state index contributed by atoms with van der Waals surface area (Å²) in [5, 5.41) is 0. The van der Waals surface area contributed by atoms with Gasteiger partial charge in [-0.05, 0) is 30.0 Å². The summed E-state index contributed by atoms with van der Waals surface area (Å²) >= 11 is 0. The number of hydrogen-bond acceptors (Lipinski definition) is 3. The van der Waals surface area contributed by atoms with Crippen molar-refractivity contribution in [2.75, 3.05) is 0 Å². The molecule has 1 atom stereocenters. The molecule has 0 radical (unpaired) electrons. The van der Waals surface area contributed by atoms with E-state index in [1.54, 1.807) is 6.07 Å². The number of fused-ring (bicyclic) bond motifs is 1. The zero-order valence-corrected chi connectivity index (χ0v) is 10.3. The molecule has 0 fully saturated rings. The number of benzene rings is 1. The smallest absolute Gasteiger partial charge is 0.261 e. The van der Waals surface area contributed by atoms with Crippen molar-refractivity contribution in [1.82, 2.24) is 0 Å². The molecule has 0 heterocycles. The number of rotatable bonds is 1. The predicted molar refractivity (Wildman–Crippen MR) is 61.5 cm³/mol. The van der Waals surface area contributed by atoms with Crippen LogP contribution >= 0.6 is 10.7 Å². The van der Waals surface area contributed by atoms with E-state index < -0.39 is 9.05 Å². The van der Waals surface area contributed by atoms with E-state index in [2.05, 4.69) is 0 Å². The second-order valence-corrected chi connectivity index (χ2v) is 6.62. The Labute approximate surface area is 98.8 Å². The largest absolute Gasteiger partial charge is 0.294 e. The Hall–Kier alpha value is -0.870. The number of ketones is 1. The van der Waals surface area contributed by atoms with Gasteiger partial charge in [-0.25, -0.2) is 8.42 Å². The Morgan fingerprint density at radius 1 is 1.38 bits per heavy atom. The molecule has 0 saturated carbocycles. The van der Waals surface area contributed by atoms with Gasteiger partial charge < -0.3 is 0 Å². The summed E-state index contributed by atoms with van der Waals surface area (Å²) in [5.74, 6) is 0.287. The lowest BCUT2D eigenvalue weighted by Crippen LogP contribution is -2.14. The number of carbonyl (C=O) groups is 1. The quantitative estimate of drug-likeness (QED) is 0.728. The molecule has 3 nitrogen and oxygen atoms in total. The van der Waals surface area contributed by atoms with Gasteiger partial charge in [0, 0.05) is 22.7 Å². The van der Waals surface area contributed by atoms with Gasteiger partial charge in [0.1, 0.15) is 0 Å². The van der Waals surface area contributed by atoms with Gasteiger partial charge in [0.25, 0.3) is 9.05 Å². The Kier molecular flexibility index (Phi) is 2.80. The average Bonchev–Trinajstić information content (AvgIpc) is 2.22. The molecular weight excluding hydrogens is 248 g/mol. The summed E-state index contributed by atoms with van der Waals surface area (Å²) in [5.41, 5.74) is 1.42. The molecule has 1 aromatic rings. The number of hydrogen-bond donors (Lipinski definition) is 0. The van der Waals surface area contributed by atoms with Gasteiger partial charge in [-0.1, -0.05) is 13.0 Å². The molecule has 0 amide bonds. The van der Waals surface area contributed by atoms with Gasteiger partial charge >= 0.3 is 0 Å². The molecule has 1 unspecified atom stereocenters. The van der Waals surface area contributed by atoms with Crippen molar-refractivity contribution in [2.45, 2.75) is 30.6 Å². The molecule has 1 aromatic carbocycles. The van der Waals surface area contributed by atoms with Crippen LogP contribution in [0.4, 0.5) is 0 Å².